The molecule has 0 aliphatic carbocycles. The molecule has 5 nitrogen and oxygen atoms in total. The number of likely N-dealkylation sites (tertiary alicyclic amines) is 1. The van der Waals surface area contributed by atoms with Gasteiger partial charge in [0.2, 0.25) is 0 Å². The SMILES string of the molecule is COc1ccccc1Oc1cccc(CN2CCC(N[C@@H](C)[C@H](O)c3ccccc3)CC2)c1. The lowest BCUT2D eigenvalue weighted by molar-refractivity contribution is 0.114. The van der Waals surface area contributed by atoms with Gasteiger partial charge in [0.15, 0.2) is 11.5 Å². The summed E-state index contributed by atoms with van der Waals surface area (Å²) in [6.07, 6.45) is 1.65. The standard InChI is InChI=1S/C28H34N2O3/c1-21(28(31)23-10-4-3-5-11-23)29-24-15-17-30(18-16-24)20-22-9-8-12-25(19-22)33-27-14-7-6-13-26(27)32-2/h3-14,19,21,24,28-29,31H,15-18,20H2,1-2H3/t21-,28-/m0/s1. The molecular formula is C28H34N2O3. The van der Waals surface area contributed by atoms with Gasteiger partial charge < -0.3 is 19.9 Å². The monoisotopic (exact) mass is 446 g/mol. The van der Waals surface area contributed by atoms with Crippen LogP contribution >= 0.6 is 0 Å². The first-order valence-electron chi connectivity index (χ1n) is 11.7. The van der Waals surface area contributed by atoms with E-state index in [1.165, 1.54) is 5.56 Å². The highest BCUT2D eigenvalue weighted by Gasteiger charge is 2.24. The maximum atomic E-state index is 10.6. The fourth-order valence-electron chi connectivity index (χ4n) is 4.46. The van der Waals surface area contributed by atoms with Crippen molar-refractivity contribution in [1.82, 2.24) is 10.2 Å². The first kappa shape index (κ1) is 23.3. The fourth-order valence-corrected chi connectivity index (χ4v) is 4.46. The van der Waals surface area contributed by atoms with E-state index in [-0.39, 0.29) is 6.04 Å². The quantitative estimate of drug-likeness (QED) is 0.475. The average Bonchev–Trinajstić information content (AvgIpc) is 2.86. The van der Waals surface area contributed by atoms with Crippen LogP contribution in [-0.4, -0.2) is 42.3 Å². The number of rotatable bonds is 9. The number of hydrogen-bond acceptors (Lipinski definition) is 5. The summed E-state index contributed by atoms with van der Waals surface area (Å²) < 4.78 is 11.5. The number of aliphatic hydroxyl groups excluding tert-OH is 1. The van der Waals surface area contributed by atoms with Crippen molar-refractivity contribution in [3.8, 4) is 17.2 Å². The van der Waals surface area contributed by atoms with Crippen LogP contribution < -0.4 is 14.8 Å². The molecule has 0 unspecified atom stereocenters. The van der Waals surface area contributed by atoms with Gasteiger partial charge in [-0.2, -0.15) is 0 Å². The van der Waals surface area contributed by atoms with Crippen molar-refractivity contribution in [1.29, 1.82) is 0 Å². The van der Waals surface area contributed by atoms with Crippen LogP contribution in [-0.2, 0) is 6.54 Å². The summed E-state index contributed by atoms with van der Waals surface area (Å²) in [6, 6.07) is 26.3. The molecule has 5 heteroatoms. The van der Waals surface area contributed by atoms with Crippen LogP contribution in [0.4, 0.5) is 0 Å². The molecule has 33 heavy (non-hydrogen) atoms. The summed E-state index contributed by atoms with van der Waals surface area (Å²) in [4.78, 5) is 2.48. The van der Waals surface area contributed by atoms with Gasteiger partial charge in [-0.25, -0.2) is 0 Å². The van der Waals surface area contributed by atoms with Gasteiger partial charge in [0, 0.05) is 18.6 Å². The minimum atomic E-state index is -0.491. The maximum absolute atomic E-state index is 10.6. The van der Waals surface area contributed by atoms with Crippen LogP contribution in [0.2, 0.25) is 0 Å². The van der Waals surface area contributed by atoms with E-state index in [0.717, 1.165) is 55.3 Å². The third-order valence-corrected chi connectivity index (χ3v) is 6.30. The highest BCUT2D eigenvalue weighted by molar-refractivity contribution is 5.43. The molecule has 2 N–H and O–H groups in total. The van der Waals surface area contributed by atoms with Crippen molar-refractivity contribution >= 4 is 0 Å². The molecule has 2 atom stereocenters. The molecule has 3 aromatic carbocycles. The number of nitrogens with zero attached hydrogens (tertiary/aromatic N) is 1. The first-order chi connectivity index (χ1) is 16.1. The normalized spacial score (nSPS) is 16.8. The van der Waals surface area contributed by atoms with Crippen LogP contribution in [0.5, 0.6) is 17.2 Å². The van der Waals surface area contributed by atoms with E-state index in [0.29, 0.717) is 6.04 Å². The lowest BCUT2D eigenvalue weighted by Gasteiger charge is -2.35. The van der Waals surface area contributed by atoms with Crippen molar-refractivity contribution in [2.45, 2.75) is 44.5 Å². The second kappa shape index (κ2) is 11.3. The number of piperidine rings is 1. The zero-order chi connectivity index (χ0) is 23.0. The highest BCUT2D eigenvalue weighted by Crippen LogP contribution is 2.31. The van der Waals surface area contributed by atoms with Gasteiger partial charge in [-0.1, -0.05) is 54.6 Å². The van der Waals surface area contributed by atoms with Crippen molar-refractivity contribution in [2.75, 3.05) is 20.2 Å². The summed E-state index contributed by atoms with van der Waals surface area (Å²) in [7, 11) is 1.65. The van der Waals surface area contributed by atoms with Gasteiger partial charge in [-0.05, 0) is 68.2 Å². The molecule has 1 fully saturated rings. The van der Waals surface area contributed by atoms with E-state index in [4.69, 9.17) is 9.47 Å². The van der Waals surface area contributed by atoms with Gasteiger partial charge in [0.05, 0.1) is 13.2 Å². The van der Waals surface area contributed by atoms with Gasteiger partial charge >= 0.3 is 0 Å². The molecule has 0 saturated carbocycles. The van der Waals surface area contributed by atoms with Crippen LogP contribution in [0.15, 0.2) is 78.9 Å². The Morgan fingerprint density at radius 2 is 1.64 bits per heavy atom. The lowest BCUT2D eigenvalue weighted by Crippen LogP contribution is -2.46. The van der Waals surface area contributed by atoms with E-state index in [2.05, 4.69) is 29.3 Å². The van der Waals surface area contributed by atoms with E-state index >= 15 is 0 Å². The number of benzene rings is 3. The molecule has 1 aliphatic heterocycles. The zero-order valence-corrected chi connectivity index (χ0v) is 19.5. The summed E-state index contributed by atoms with van der Waals surface area (Å²) in [5.74, 6) is 2.26. The maximum Gasteiger partial charge on any atom is 0.169 e. The van der Waals surface area contributed by atoms with Gasteiger partial charge in [0.1, 0.15) is 5.75 Å². The zero-order valence-electron chi connectivity index (χ0n) is 19.5. The molecule has 0 spiro atoms. The molecule has 0 aromatic heterocycles. The lowest BCUT2D eigenvalue weighted by atomic mass is 9.99. The summed E-state index contributed by atoms with van der Waals surface area (Å²) in [5, 5.41) is 14.3. The molecule has 1 saturated heterocycles. The number of ether oxygens (including phenoxy) is 2. The molecular weight excluding hydrogens is 412 g/mol. The third kappa shape index (κ3) is 6.35. The molecule has 174 valence electrons. The molecule has 0 radical (unpaired) electrons. The predicted molar refractivity (Wildman–Crippen MR) is 132 cm³/mol. The van der Waals surface area contributed by atoms with Gasteiger partial charge in [-0.15, -0.1) is 0 Å². The van der Waals surface area contributed by atoms with Gasteiger partial charge in [-0.3, -0.25) is 4.90 Å². The van der Waals surface area contributed by atoms with E-state index in [1.54, 1.807) is 7.11 Å². The third-order valence-electron chi connectivity index (χ3n) is 6.30. The topological polar surface area (TPSA) is 54.0 Å². The van der Waals surface area contributed by atoms with Crippen molar-refractivity contribution in [3.05, 3.63) is 90.0 Å². The molecule has 1 heterocycles. The first-order valence-corrected chi connectivity index (χ1v) is 11.7. The molecule has 4 rings (SSSR count). The second-order valence-electron chi connectivity index (χ2n) is 8.76. The smallest absolute Gasteiger partial charge is 0.169 e. The van der Waals surface area contributed by atoms with E-state index in [9.17, 15) is 5.11 Å². The predicted octanol–water partition coefficient (Wildman–Crippen LogP) is 5.16. The molecule has 0 amide bonds. The van der Waals surface area contributed by atoms with E-state index < -0.39 is 6.10 Å². The molecule has 3 aromatic rings. The number of hydrogen-bond donors (Lipinski definition) is 2. The fraction of sp³-hybridized carbons (Fsp3) is 0.357. The Bertz CT molecular complexity index is 1000. The van der Waals surface area contributed by atoms with Crippen molar-refractivity contribution < 1.29 is 14.6 Å². The minimum absolute atomic E-state index is 0.0211. The molecule has 0 bridgehead atoms. The highest BCUT2D eigenvalue weighted by atomic mass is 16.5. The number of aliphatic hydroxyl groups is 1. The summed E-state index contributed by atoms with van der Waals surface area (Å²) >= 11 is 0. The van der Waals surface area contributed by atoms with Crippen LogP contribution in [0.3, 0.4) is 0 Å². The van der Waals surface area contributed by atoms with Crippen molar-refractivity contribution in [3.63, 3.8) is 0 Å². The Morgan fingerprint density at radius 3 is 2.36 bits per heavy atom. The number of methoxy groups -OCH3 is 1. The molecule has 1 aliphatic rings. The Balaban J connectivity index is 1.27. The second-order valence-corrected chi connectivity index (χ2v) is 8.76. The van der Waals surface area contributed by atoms with E-state index in [1.807, 2.05) is 66.7 Å². The van der Waals surface area contributed by atoms with Crippen LogP contribution in [0.1, 0.15) is 37.0 Å². The minimum Gasteiger partial charge on any atom is -0.493 e. The Labute approximate surface area is 197 Å². The average molecular weight is 447 g/mol. The number of para-hydroxylation sites is 2. The van der Waals surface area contributed by atoms with Gasteiger partial charge in [0.25, 0.3) is 0 Å². The summed E-state index contributed by atoms with van der Waals surface area (Å²) in [6.45, 7) is 5.03. The number of nitrogens with one attached hydrogen (secondary N) is 1. The Morgan fingerprint density at radius 1 is 0.939 bits per heavy atom. The Hall–Kier alpha value is -2.86. The van der Waals surface area contributed by atoms with Crippen LogP contribution in [0, 0.1) is 0 Å². The van der Waals surface area contributed by atoms with Crippen LogP contribution in [0.25, 0.3) is 0 Å². The summed E-state index contributed by atoms with van der Waals surface area (Å²) in [5.41, 5.74) is 2.20. The van der Waals surface area contributed by atoms with Crippen molar-refractivity contribution in [2.24, 2.45) is 0 Å². The largest absolute Gasteiger partial charge is 0.493 e. The Kier molecular flexibility index (Phi) is 8.00.